The lowest BCUT2D eigenvalue weighted by Crippen LogP contribution is -2.43. The first-order valence-corrected chi connectivity index (χ1v) is 6.03. The lowest BCUT2D eigenvalue weighted by Gasteiger charge is -2.35. The number of nitrogens with zero attached hydrogens (tertiary/aromatic N) is 1. The summed E-state index contributed by atoms with van der Waals surface area (Å²) in [5.41, 5.74) is 5.52. The highest BCUT2D eigenvalue weighted by molar-refractivity contribution is 5.85. The van der Waals surface area contributed by atoms with E-state index < -0.39 is 0 Å². The highest BCUT2D eigenvalue weighted by Gasteiger charge is 2.27. The van der Waals surface area contributed by atoms with Crippen molar-refractivity contribution in [3.63, 3.8) is 0 Å². The molecule has 0 aromatic carbocycles. The second-order valence-electron chi connectivity index (χ2n) is 5.01. The van der Waals surface area contributed by atoms with Gasteiger partial charge in [-0.05, 0) is 18.8 Å². The van der Waals surface area contributed by atoms with E-state index >= 15 is 0 Å². The molecule has 1 amide bonds. The Balaban J connectivity index is 0.00000225. The Hall–Kier alpha value is -0.280. The van der Waals surface area contributed by atoms with E-state index in [0.29, 0.717) is 12.6 Å². The molecule has 0 heterocycles. The van der Waals surface area contributed by atoms with Crippen LogP contribution in [0, 0.1) is 11.8 Å². The maximum atomic E-state index is 11.9. The highest BCUT2D eigenvalue weighted by atomic mass is 35.5. The number of halogens is 1. The van der Waals surface area contributed by atoms with Crippen molar-refractivity contribution < 1.29 is 4.79 Å². The first-order valence-electron chi connectivity index (χ1n) is 6.03. The zero-order valence-electron chi connectivity index (χ0n) is 10.6. The van der Waals surface area contributed by atoms with Gasteiger partial charge in [0.2, 0.25) is 5.91 Å². The molecule has 1 aliphatic carbocycles. The number of carbonyl (C=O) groups is 1. The molecule has 96 valence electrons. The summed E-state index contributed by atoms with van der Waals surface area (Å²) in [6.45, 7) is 4.63. The zero-order valence-corrected chi connectivity index (χ0v) is 11.4. The molecule has 0 aromatic heterocycles. The minimum atomic E-state index is -0.0350. The van der Waals surface area contributed by atoms with E-state index in [0.717, 1.165) is 18.8 Å². The molecule has 1 rings (SSSR count). The van der Waals surface area contributed by atoms with Crippen LogP contribution in [0.3, 0.4) is 0 Å². The van der Waals surface area contributed by atoms with Crippen LogP contribution in [-0.2, 0) is 4.79 Å². The van der Waals surface area contributed by atoms with E-state index in [1.165, 1.54) is 12.8 Å². The SMILES string of the molecule is CC1CCCC(N(C)C(=O)C(C)CN)C1.Cl. The predicted molar refractivity (Wildman–Crippen MR) is 69.7 cm³/mol. The first kappa shape index (κ1) is 15.7. The molecule has 1 aliphatic rings. The predicted octanol–water partition coefficient (Wildman–Crippen LogP) is 2.04. The summed E-state index contributed by atoms with van der Waals surface area (Å²) in [6, 6.07) is 0.440. The molecule has 0 saturated heterocycles. The molecule has 16 heavy (non-hydrogen) atoms. The van der Waals surface area contributed by atoms with Crippen LogP contribution in [-0.4, -0.2) is 30.4 Å². The Morgan fingerprint density at radius 2 is 2.12 bits per heavy atom. The molecule has 0 radical (unpaired) electrons. The number of hydrogen-bond donors (Lipinski definition) is 1. The van der Waals surface area contributed by atoms with Gasteiger partial charge in [0.1, 0.15) is 0 Å². The normalized spacial score (nSPS) is 26.8. The second kappa shape index (κ2) is 7.13. The van der Waals surface area contributed by atoms with Crippen molar-refractivity contribution in [1.29, 1.82) is 0 Å². The minimum absolute atomic E-state index is 0. The van der Waals surface area contributed by atoms with Crippen molar-refractivity contribution in [3.05, 3.63) is 0 Å². The van der Waals surface area contributed by atoms with Crippen molar-refractivity contribution in [2.24, 2.45) is 17.6 Å². The average Bonchev–Trinajstić information content (AvgIpc) is 2.26. The molecule has 1 saturated carbocycles. The molecule has 2 N–H and O–H groups in total. The summed E-state index contributed by atoms with van der Waals surface area (Å²) in [7, 11) is 1.93. The van der Waals surface area contributed by atoms with Gasteiger partial charge in [-0.2, -0.15) is 0 Å². The molecule has 0 aromatic rings. The van der Waals surface area contributed by atoms with Gasteiger partial charge in [0.15, 0.2) is 0 Å². The fourth-order valence-electron chi connectivity index (χ4n) is 2.38. The maximum Gasteiger partial charge on any atom is 0.226 e. The number of rotatable bonds is 3. The molecule has 3 atom stereocenters. The van der Waals surface area contributed by atoms with E-state index in [4.69, 9.17) is 5.73 Å². The van der Waals surface area contributed by atoms with Crippen LogP contribution in [0.4, 0.5) is 0 Å². The van der Waals surface area contributed by atoms with E-state index in [-0.39, 0.29) is 24.2 Å². The van der Waals surface area contributed by atoms with Crippen molar-refractivity contribution in [1.82, 2.24) is 4.90 Å². The Labute approximate surface area is 105 Å². The summed E-state index contributed by atoms with van der Waals surface area (Å²) in [4.78, 5) is 13.8. The Morgan fingerprint density at radius 1 is 1.50 bits per heavy atom. The molecule has 0 bridgehead atoms. The smallest absolute Gasteiger partial charge is 0.226 e. The maximum absolute atomic E-state index is 11.9. The summed E-state index contributed by atoms with van der Waals surface area (Å²) in [5.74, 6) is 0.927. The number of amides is 1. The van der Waals surface area contributed by atoms with Gasteiger partial charge in [0.05, 0.1) is 0 Å². The molecular formula is C12H25ClN2O. The van der Waals surface area contributed by atoms with Crippen molar-refractivity contribution >= 4 is 18.3 Å². The van der Waals surface area contributed by atoms with Crippen LogP contribution in [0.1, 0.15) is 39.5 Å². The van der Waals surface area contributed by atoms with Crippen LogP contribution >= 0.6 is 12.4 Å². The van der Waals surface area contributed by atoms with Gasteiger partial charge >= 0.3 is 0 Å². The van der Waals surface area contributed by atoms with Crippen molar-refractivity contribution in [2.45, 2.75) is 45.6 Å². The van der Waals surface area contributed by atoms with E-state index in [1.807, 2.05) is 18.9 Å². The number of carbonyl (C=O) groups excluding carboxylic acids is 1. The molecule has 0 spiro atoms. The monoisotopic (exact) mass is 248 g/mol. The van der Waals surface area contributed by atoms with E-state index in [1.54, 1.807) is 0 Å². The molecule has 1 fully saturated rings. The molecular weight excluding hydrogens is 224 g/mol. The van der Waals surface area contributed by atoms with Gasteiger partial charge < -0.3 is 10.6 Å². The van der Waals surface area contributed by atoms with Gasteiger partial charge in [-0.15, -0.1) is 12.4 Å². The Kier molecular flexibility index (Phi) is 7.00. The van der Waals surface area contributed by atoms with Gasteiger partial charge in [-0.1, -0.05) is 26.7 Å². The van der Waals surface area contributed by atoms with Crippen LogP contribution in [0.2, 0.25) is 0 Å². The lowest BCUT2D eigenvalue weighted by molar-refractivity contribution is -0.136. The zero-order chi connectivity index (χ0) is 11.4. The number of hydrogen-bond acceptors (Lipinski definition) is 2. The summed E-state index contributed by atoms with van der Waals surface area (Å²) < 4.78 is 0. The van der Waals surface area contributed by atoms with Crippen molar-refractivity contribution in [2.75, 3.05) is 13.6 Å². The van der Waals surface area contributed by atoms with Crippen LogP contribution in [0.5, 0.6) is 0 Å². The third-order valence-corrected chi connectivity index (χ3v) is 3.58. The highest BCUT2D eigenvalue weighted by Crippen LogP contribution is 2.27. The number of nitrogens with two attached hydrogens (primary N) is 1. The largest absolute Gasteiger partial charge is 0.342 e. The van der Waals surface area contributed by atoms with Gasteiger partial charge in [0, 0.05) is 25.6 Å². The lowest BCUT2D eigenvalue weighted by atomic mass is 9.86. The van der Waals surface area contributed by atoms with Gasteiger partial charge in [-0.25, -0.2) is 0 Å². The van der Waals surface area contributed by atoms with E-state index in [2.05, 4.69) is 6.92 Å². The third-order valence-electron chi connectivity index (χ3n) is 3.58. The van der Waals surface area contributed by atoms with Crippen molar-refractivity contribution in [3.8, 4) is 0 Å². The van der Waals surface area contributed by atoms with Crippen LogP contribution < -0.4 is 5.73 Å². The molecule has 0 aliphatic heterocycles. The molecule has 3 unspecified atom stereocenters. The minimum Gasteiger partial charge on any atom is -0.342 e. The third kappa shape index (κ3) is 3.95. The Bertz CT molecular complexity index is 223. The molecule has 3 nitrogen and oxygen atoms in total. The second-order valence-corrected chi connectivity index (χ2v) is 5.01. The van der Waals surface area contributed by atoms with Gasteiger partial charge in [0.25, 0.3) is 0 Å². The average molecular weight is 249 g/mol. The standard InChI is InChI=1S/C12H24N2O.ClH/c1-9-5-4-6-11(7-9)14(3)12(15)10(2)8-13;/h9-11H,4-8,13H2,1-3H3;1H. The van der Waals surface area contributed by atoms with Crippen LogP contribution in [0.25, 0.3) is 0 Å². The Morgan fingerprint density at radius 3 is 2.62 bits per heavy atom. The van der Waals surface area contributed by atoms with Gasteiger partial charge in [-0.3, -0.25) is 4.79 Å². The van der Waals surface area contributed by atoms with E-state index in [9.17, 15) is 4.79 Å². The van der Waals surface area contributed by atoms with Crippen LogP contribution in [0.15, 0.2) is 0 Å². The summed E-state index contributed by atoms with van der Waals surface area (Å²) >= 11 is 0. The summed E-state index contributed by atoms with van der Waals surface area (Å²) in [6.07, 6.45) is 4.87. The summed E-state index contributed by atoms with van der Waals surface area (Å²) in [5, 5.41) is 0. The quantitative estimate of drug-likeness (QED) is 0.831. The fourth-order valence-corrected chi connectivity index (χ4v) is 2.38. The topological polar surface area (TPSA) is 46.3 Å². The first-order chi connectivity index (χ1) is 7.06. The fraction of sp³-hybridized carbons (Fsp3) is 0.917. The molecule has 4 heteroatoms.